The second kappa shape index (κ2) is 9.30. The van der Waals surface area contributed by atoms with Crippen molar-refractivity contribution in [3.8, 4) is 11.3 Å². The van der Waals surface area contributed by atoms with Crippen LogP contribution in [0.4, 0.5) is 30.6 Å². The Kier molecular flexibility index (Phi) is 6.74. The van der Waals surface area contributed by atoms with Gasteiger partial charge in [-0.05, 0) is 42.7 Å². The second-order valence-electron chi connectivity index (χ2n) is 7.48. The Labute approximate surface area is 178 Å². The van der Waals surface area contributed by atoms with Gasteiger partial charge in [-0.1, -0.05) is 19.9 Å². The van der Waals surface area contributed by atoms with Crippen LogP contribution in [0.1, 0.15) is 25.0 Å². The van der Waals surface area contributed by atoms with Crippen LogP contribution < -0.4 is 10.6 Å². The average molecular weight is 431 g/mol. The molecule has 1 aromatic carbocycles. The predicted octanol–water partition coefficient (Wildman–Crippen LogP) is 5.04. The van der Waals surface area contributed by atoms with E-state index in [-0.39, 0.29) is 30.1 Å². The van der Waals surface area contributed by atoms with Crippen LogP contribution in [-0.2, 0) is 6.18 Å². The van der Waals surface area contributed by atoms with E-state index < -0.39 is 11.7 Å². The fraction of sp³-hybridized carbons (Fsp3) is 0.318. The number of nitrogens with one attached hydrogen (secondary N) is 2. The van der Waals surface area contributed by atoms with Crippen LogP contribution >= 0.6 is 0 Å². The van der Waals surface area contributed by atoms with Crippen molar-refractivity contribution < 1.29 is 18.3 Å². The summed E-state index contributed by atoms with van der Waals surface area (Å²) in [5.74, 6) is 0.696. The fourth-order valence-corrected chi connectivity index (χ4v) is 3.05. The number of benzene rings is 1. The van der Waals surface area contributed by atoms with E-state index in [9.17, 15) is 18.3 Å². The van der Waals surface area contributed by atoms with Crippen LogP contribution in [-0.4, -0.2) is 32.7 Å². The minimum absolute atomic E-state index is 0.0731. The molecule has 0 unspecified atom stereocenters. The molecule has 2 aromatic heterocycles. The zero-order valence-electron chi connectivity index (χ0n) is 17.4. The molecular formula is C22H24F3N5O. The Morgan fingerprint density at radius 3 is 2.39 bits per heavy atom. The average Bonchev–Trinajstić information content (AvgIpc) is 2.73. The maximum absolute atomic E-state index is 13.3. The monoisotopic (exact) mass is 431 g/mol. The zero-order chi connectivity index (χ0) is 22.6. The van der Waals surface area contributed by atoms with Gasteiger partial charge in [-0.25, -0.2) is 4.98 Å². The molecule has 0 amide bonds. The number of aromatic nitrogens is 3. The van der Waals surface area contributed by atoms with Crippen molar-refractivity contribution in [2.45, 2.75) is 33.0 Å². The molecule has 3 aromatic rings. The summed E-state index contributed by atoms with van der Waals surface area (Å²) in [6.07, 6.45) is -1.20. The topological polar surface area (TPSA) is 83.0 Å². The molecule has 9 heteroatoms. The number of aliphatic hydroxyl groups excluding tert-OH is 1. The van der Waals surface area contributed by atoms with Gasteiger partial charge in [0.2, 0.25) is 5.95 Å². The van der Waals surface area contributed by atoms with E-state index >= 15 is 0 Å². The third-order valence-electron chi connectivity index (χ3n) is 4.92. The van der Waals surface area contributed by atoms with Crippen molar-refractivity contribution in [1.29, 1.82) is 0 Å². The molecule has 2 heterocycles. The smallest absolute Gasteiger partial charge is 0.394 e. The third kappa shape index (κ3) is 5.49. The molecule has 3 rings (SSSR count). The van der Waals surface area contributed by atoms with E-state index in [2.05, 4.69) is 25.6 Å². The minimum atomic E-state index is -4.45. The summed E-state index contributed by atoms with van der Waals surface area (Å²) in [5, 5.41) is 15.7. The molecule has 6 nitrogen and oxygen atoms in total. The maximum Gasteiger partial charge on any atom is 0.416 e. The van der Waals surface area contributed by atoms with Crippen LogP contribution in [0.5, 0.6) is 0 Å². The van der Waals surface area contributed by atoms with Gasteiger partial charge >= 0.3 is 6.18 Å². The molecule has 0 spiro atoms. The number of alkyl halides is 3. The fourth-order valence-electron chi connectivity index (χ4n) is 3.05. The lowest BCUT2D eigenvalue weighted by molar-refractivity contribution is -0.138. The van der Waals surface area contributed by atoms with Crippen LogP contribution in [0.25, 0.3) is 11.3 Å². The molecule has 0 aliphatic heterocycles. The van der Waals surface area contributed by atoms with E-state index in [1.54, 1.807) is 36.7 Å². The van der Waals surface area contributed by atoms with Crippen LogP contribution in [0.2, 0.25) is 0 Å². The Morgan fingerprint density at radius 2 is 1.77 bits per heavy atom. The lowest BCUT2D eigenvalue weighted by atomic mass is 10.1. The molecule has 31 heavy (non-hydrogen) atoms. The second-order valence-corrected chi connectivity index (χ2v) is 7.48. The van der Waals surface area contributed by atoms with Gasteiger partial charge in [-0.3, -0.25) is 4.98 Å². The summed E-state index contributed by atoms with van der Waals surface area (Å²) < 4.78 is 39.8. The number of hydrogen-bond donors (Lipinski definition) is 3. The molecule has 0 saturated carbocycles. The number of rotatable bonds is 7. The molecule has 0 bridgehead atoms. The lowest BCUT2D eigenvalue weighted by Gasteiger charge is -2.21. The number of hydrogen-bond acceptors (Lipinski definition) is 6. The first-order chi connectivity index (χ1) is 14.7. The molecule has 0 fully saturated rings. The van der Waals surface area contributed by atoms with Crippen LogP contribution in [0.15, 0.2) is 48.8 Å². The van der Waals surface area contributed by atoms with E-state index in [4.69, 9.17) is 0 Å². The third-order valence-corrected chi connectivity index (χ3v) is 4.92. The van der Waals surface area contributed by atoms with Gasteiger partial charge in [-0.2, -0.15) is 18.2 Å². The zero-order valence-corrected chi connectivity index (χ0v) is 17.4. The van der Waals surface area contributed by atoms with Crippen LogP contribution in [0.3, 0.4) is 0 Å². The van der Waals surface area contributed by atoms with Gasteiger partial charge < -0.3 is 15.7 Å². The number of halogens is 3. The summed E-state index contributed by atoms with van der Waals surface area (Å²) in [6, 6.07) is 8.89. The van der Waals surface area contributed by atoms with Crippen molar-refractivity contribution in [1.82, 2.24) is 15.0 Å². The molecule has 1 atom stereocenters. The van der Waals surface area contributed by atoms with Gasteiger partial charge in [0.25, 0.3) is 0 Å². The summed E-state index contributed by atoms with van der Waals surface area (Å²) in [7, 11) is 0. The van der Waals surface area contributed by atoms with E-state index in [0.717, 1.165) is 11.6 Å². The maximum atomic E-state index is 13.3. The highest BCUT2D eigenvalue weighted by molar-refractivity contribution is 5.69. The Bertz CT molecular complexity index is 1030. The van der Waals surface area contributed by atoms with Crippen molar-refractivity contribution in [3.05, 3.63) is 59.9 Å². The normalized spacial score (nSPS) is 12.6. The van der Waals surface area contributed by atoms with Crippen molar-refractivity contribution in [2.24, 2.45) is 5.92 Å². The van der Waals surface area contributed by atoms with Crippen LogP contribution in [0, 0.1) is 12.8 Å². The van der Waals surface area contributed by atoms with E-state index in [1.807, 2.05) is 13.8 Å². The molecule has 3 N–H and O–H groups in total. The Balaban J connectivity index is 2.03. The first-order valence-electron chi connectivity index (χ1n) is 9.79. The van der Waals surface area contributed by atoms with E-state index in [0.29, 0.717) is 17.2 Å². The van der Waals surface area contributed by atoms with Gasteiger partial charge in [0.05, 0.1) is 23.9 Å². The number of aliphatic hydroxyl groups is 1. The van der Waals surface area contributed by atoms with Crippen molar-refractivity contribution in [2.75, 3.05) is 17.2 Å². The molecule has 0 aliphatic rings. The van der Waals surface area contributed by atoms with Gasteiger partial charge in [0, 0.05) is 29.7 Å². The lowest BCUT2D eigenvalue weighted by Crippen LogP contribution is -2.30. The molecular weight excluding hydrogens is 407 g/mol. The largest absolute Gasteiger partial charge is 0.416 e. The van der Waals surface area contributed by atoms with Gasteiger partial charge in [0.15, 0.2) is 0 Å². The summed E-state index contributed by atoms with van der Waals surface area (Å²) in [6.45, 7) is 5.20. The van der Waals surface area contributed by atoms with Gasteiger partial charge in [0.1, 0.15) is 5.82 Å². The minimum Gasteiger partial charge on any atom is -0.394 e. The Hall–Kier alpha value is -3.20. The first kappa shape index (κ1) is 22.5. The first-order valence-corrected chi connectivity index (χ1v) is 9.79. The Morgan fingerprint density at radius 1 is 1.06 bits per heavy atom. The standard InChI is InChI=1S/C22H24F3N5O/c1-13(2)19(12-31)29-21-28-18(15-7-9-26-10-8-15)11-20(30-21)27-17-6-4-5-16(14(17)3)22(23,24)25/h4-11,13,19,31H,12H2,1-3H3,(H2,27,28,29,30)/t19-/m1/s1. The highest BCUT2D eigenvalue weighted by atomic mass is 19.4. The van der Waals surface area contributed by atoms with E-state index in [1.165, 1.54) is 13.0 Å². The van der Waals surface area contributed by atoms with Crippen molar-refractivity contribution >= 4 is 17.5 Å². The number of pyridine rings is 1. The van der Waals surface area contributed by atoms with Gasteiger partial charge in [-0.15, -0.1) is 0 Å². The molecule has 0 radical (unpaired) electrons. The highest BCUT2D eigenvalue weighted by Crippen LogP contribution is 2.35. The SMILES string of the molecule is Cc1c(Nc2cc(-c3ccncc3)nc(N[C@H](CO)C(C)C)n2)cccc1C(F)(F)F. The number of anilines is 3. The molecule has 164 valence electrons. The quantitative estimate of drug-likeness (QED) is 0.486. The number of nitrogens with zero attached hydrogens (tertiary/aromatic N) is 3. The highest BCUT2D eigenvalue weighted by Gasteiger charge is 2.33. The predicted molar refractivity (Wildman–Crippen MR) is 114 cm³/mol. The van der Waals surface area contributed by atoms with Crippen molar-refractivity contribution in [3.63, 3.8) is 0 Å². The summed E-state index contributed by atoms with van der Waals surface area (Å²) in [4.78, 5) is 12.9. The summed E-state index contributed by atoms with van der Waals surface area (Å²) in [5.41, 5.74) is 0.993. The molecule has 0 saturated heterocycles. The molecule has 0 aliphatic carbocycles. The summed E-state index contributed by atoms with van der Waals surface area (Å²) >= 11 is 0.